The average Bonchev–Trinajstić information content (AvgIpc) is 2.90. The van der Waals surface area contributed by atoms with Gasteiger partial charge in [-0.05, 0) is 12.8 Å². The summed E-state index contributed by atoms with van der Waals surface area (Å²) in [7, 11) is 0. The molecule has 104 valence electrons. The molecule has 0 aromatic carbocycles. The molecule has 2 N–H and O–H groups in total. The maximum atomic E-state index is 11.9. The summed E-state index contributed by atoms with van der Waals surface area (Å²) in [5.41, 5.74) is -1.04. The lowest BCUT2D eigenvalue weighted by atomic mass is 9.81. The van der Waals surface area contributed by atoms with Gasteiger partial charge in [-0.3, -0.25) is 4.79 Å². The zero-order valence-electron chi connectivity index (χ0n) is 10.7. The number of carbonyl (C=O) groups excluding carboxylic acids is 1. The molecule has 1 aliphatic carbocycles. The largest absolute Gasteiger partial charge is 0.480 e. The van der Waals surface area contributed by atoms with Gasteiger partial charge in [0.05, 0.1) is 5.01 Å². The van der Waals surface area contributed by atoms with E-state index < -0.39 is 11.5 Å². The van der Waals surface area contributed by atoms with Gasteiger partial charge in [-0.15, -0.1) is 11.3 Å². The van der Waals surface area contributed by atoms with E-state index in [1.807, 2.05) is 5.38 Å². The van der Waals surface area contributed by atoms with Crippen molar-refractivity contribution >= 4 is 23.2 Å². The maximum absolute atomic E-state index is 11.9. The number of rotatable bonds is 5. The highest BCUT2D eigenvalue weighted by Crippen LogP contribution is 2.28. The molecule has 1 saturated carbocycles. The van der Waals surface area contributed by atoms with Gasteiger partial charge < -0.3 is 10.4 Å². The number of aromatic nitrogens is 1. The van der Waals surface area contributed by atoms with Crippen LogP contribution in [0.25, 0.3) is 0 Å². The molecule has 2 rings (SSSR count). The van der Waals surface area contributed by atoms with Gasteiger partial charge in [0.25, 0.3) is 0 Å². The summed E-state index contributed by atoms with van der Waals surface area (Å²) in [5.74, 6) is -1.10. The first-order chi connectivity index (χ1) is 9.12. The Bertz CT molecular complexity index is 439. The summed E-state index contributed by atoms with van der Waals surface area (Å²) in [6.45, 7) is 0. The summed E-state index contributed by atoms with van der Waals surface area (Å²) in [6.07, 6.45) is 6.40. The first-order valence-corrected chi connectivity index (χ1v) is 7.43. The van der Waals surface area contributed by atoms with Crippen molar-refractivity contribution in [3.63, 3.8) is 0 Å². The summed E-state index contributed by atoms with van der Waals surface area (Å²) < 4.78 is 0. The van der Waals surface area contributed by atoms with E-state index in [2.05, 4.69) is 10.3 Å². The lowest BCUT2D eigenvalue weighted by Gasteiger charge is -2.33. The molecule has 6 heteroatoms. The van der Waals surface area contributed by atoms with E-state index in [9.17, 15) is 14.7 Å². The van der Waals surface area contributed by atoms with E-state index in [4.69, 9.17) is 0 Å². The van der Waals surface area contributed by atoms with Crippen molar-refractivity contribution < 1.29 is 14.7 Å². The van der Waals surface area contributed by atoms with Crippen LogP contribution in [0, 0.1) is 0 Å². The Balaban J connectivity index is 1.90. The average molecular weight is 282 g/mol. The van der Waals surface area contributed by atoms with Gasteiger partial charge in [0.2, 0.25) is 5.91 Å². The van der Waals surface area contributed by atoms with Crippen LogP contribution in [0.5, 0.6) is 0 Å². The van der Waals surface area contributed by atoms with E-state index >= 15 is 0 Å². The van der Waals surface area contributed by atoms with Gasteiger partial charge in [0.1, 0.15) is 5.54 Å². The number of carbonyl (C=O) groups is 2. The predicted octanol–water partition coefficient (Wildman–Crippen LogP) is 1.98. The van der Waals surface area contributed by atoms with Crippen LogP contribution >= 0.6 is 11.3 Å². The molecule has 0 unspecified atom stereocenters. The number of carboxylic acid groups (broad SMARTS) is 1. The van der Waals surface area contributed by atoms with Crippen molar-refractivity contribution in [2.45, 2.75) is 50.5 Å². The van der Waals surface area contributed by atoms with Gasteiger partial charge in [-0.1, -0.05) is 19.3 Å². The van der Waals surface area contributed by atoms with Gasteiger partial charge in [-0.25, -0.2) is 9.78 Å². The summed E-state index contributed by atoms with van der Waals surface area (Å²) in [5, 5.41) is 14.9. The third kappa shape index (κ3) is 3.53. The molecule has 1 amide bonds. The van der Waals surface area contributed by atoms with Crippen LogP contribution in [-0.4, -0.2) is 27.5 Å². The highest BCUT2D eigenvalue weighted by molar-refractivity contribution is 7.09. The second-order valence-electron chi connectivity index (χ2n) is 4.92. The summed E-state index contributed by atoms with van der Waals surface area (Å²) in [4.78, 5) is 27.4. The van der Waals surface area contributed by atoms with Crippen LogP contribution < -0.4 is 5.32 Å². The highest BCUT2D eigenvalue weighted by Gasteiger charge is 2.40. The first kappa shape index (κ1) is 14.0. The van der Waals surface area contributed by atoms with Gasteiger partial charge in [0.15, 0.2) is 0 Å². The number of nitrogens with one attached hydrogen (secondary N) is 1. The molecule has 1 heterocycles. The van der Waals surface area contributed by atoms with Crippen LogP contribution in [0.15, 0.2) is 11.6 Å². The van der Waals surface area contributed by atoms with Crippen LogP contribution in [0.4, 0.5) is 0 Å². The fourth-order valence-electron chi connectivity index (χ4n) is 2.47. The monoisotopic (exact) mass is 282 g/mol. The number of thiazole rings is 1. The molecule has 0 radical (unpaired) electrons. The fourth-order valence-corrected chi connectivity index (χ4v) is 3.09. The Morgan fingerprint density at radius 3 is 2.68 bits per heavy atom. The number of amides is 1. The maximum Gasteiger partial charge on any atom is 0.329 e. The predicted molar refractivity (Wildman–Crippen MR) is 72.0 cm³/mol. The van der Waals surface area contributed by atoms with E-state index in [0.29, 0.717) is 25.7 Å². The Kier molecular flexibility index (Phi) is 4.52. The van der Waals surface area contributed by atoms with Crippen molar-refractivity contribution in [2.24, 2.45) is 0 Å². The number of hydrogen-bond acceptors (Lipinski definition) is 4. The third-order valence-corrected chi connectivity index (χ3v) is 4.38. The second kappa shape index (κ2) is 6.14. The van der Waals surface area contributed by atoms with Gasteiger partial charge in [-0.2, -0.15) is 0 Å². The van der Waals surface area contributed by atoms with Crippen molar-refractivity contribution in [3.8, 4) is 0 Å². The molecule has 19 heavy (non-hydrogen) atoms. The molecule has 1 aromatic heterocycles. The minimum absolute atomic E-state index is 0.195. The Labute approximate surface area is 116 Å². The van der Waals surface area contributed by atoms with Crippen molar-refractivity contribution in [2.75, 3.05) is 0 Å². The number of aliphatic carboxylic acids is 1. The highest BCUT2D eigenvalue weighted by atomic mass is 32.1. The van der Waals surface area contributed by atoms with Crippen LogP contribution in [-0.2, 0) is 16.0 Å². The van der Waals surface area contributed by atoms with E-state index in [1.54, 1.807) is 6.20 Å². The Morgan fingerprint density at radius 2 is 2.11 bits per heavy atom. The third-order valence-electron chi connectivity index (χ3n) is 3.54. The zero-order chi connectivity index (χ0) is 13.7. The molecule has 0 saturated heterocycles. The Hall–Kier alpha value is -1.43. The molecule has 0 spiro atoms. The molecule has 5 nitrogen and oxygen atoms in total. The fraction of sp³-hybridized carbons (Fsp3) is 0.615. The van der Waals surface area contributed by atoms with Gasteiger partial charge in [0, 0.05) is 24.4 Å². The molecule has 0 bridgehead atoms. The Morgan fingerprint density at radius 1 is 1.37 bits per heavy atom. The number of carboxylic acids is 1. The SMILES string of the molecule is O=C(CCc1nccs1)NC1(C(=O)O)CCCCC1. The summed E-state index contributed by atoms with van der Waals surface area (Å²) in [6, 6.07) is 0. The quantitative estimate of drug-likeness (QED) is 0.865. The summed E-state index contributed by atoms with van der Waals surface area (Å²) >= 11 is 1.51. The van der Waals surface area contributed by atoms with Crippen molar-refractivity contribution in [1.82, 2.24) is 10.3 Å². The number of nitrogens with zero attached hydrogens (tertiary/aromatic N) is 1. The smallest absolute Gasteiger partial charge is 0.329 e. The van der Waals surface area contributed by atoms with E-state index in [-0.39, 0.29) is 5.91 Å². The van der Waals surface area contributed by atoms with Crippen molar-refractivity contribution in [3.05, 3.63) is 16.6 Å². The topological polar surface area (TPSA) is 79.3 Å². The van der Waals surface area contributed by atoms with Crippen LogP contribution in [0.3, 0.4) is 0 Å². The van der Waals surface area contributed by atoms with Crippen LogP contribution in [0.1, 0.15) is 43.5 Å². The molecule has 1 fully saturated rings. The standard InChI is InChI=1S/C13H18N2O3S/c16-10(4-5-11-14-8-9-19-11)15-13(12(17)18)6-2-1-3-7-13/h8-9H,1-7H2,(H,15,16)(H,17,18). The minimum Gasteiger partial charge on any atom is -0.480 e. The normalized spacial score (nSPS) is 17.9. The molecular formula is C13H18N2O3S. The lowest BCUT2D eigenvalue weighted by Crippen LogP contribution is -2.55. The molecule has 1 aromatic rings. The van der Waals surface area contributed by atoms with E-state index in [0.717, 1.165) is 24.3 Å². The molecular weight excluding hydrogens is 264 g/mol. The second-order valence-corrected chi connectivity index (χ2v) is 5.90. The number of hydrogen-bond donors (Lipinski definition) is 2. The van der Waals surface area contributed by atoms with Crippen molar-refractivity contribution in [1.29, 1.82) is 0 Å². The number of aryl methyl sites for hydroxylation is 1. The molecule has 0 atom stereocenters. The molecule has 1 aliphatic rings. The zero-order valence-corrected chi connectivity index (χ0v) is 11.5. The van der Waals surface area contributed by atoms with Gasteiger partial charge >= 0.3 is 5.97 Å². The first-order valence-electron chi connectivity index (χ1n) is 6.55. The lowest BCUT2D eigenvalue weighted by molar-refractivity contribution is -0.149. The molecule has 0 aliphatic heterocycles. The van der Waals surface area contributed by atoms with E-state index in [1.165, 1.54) is 11.3 Å². The van der Waals surface area contributed by atoms with Crippen LogP contribution in [0.2, 0.25) is 0 Å². The minimum atomic E-state index is -1.04.